The average molecular weight is 383 g/mol. The lowest BCUT2D eigenvalue weighted by molar-refractivity contribution is 0.239. The maximum Gasteiger partial charge on any atom is 0.220 e. The van der Waals surface area contributed by atoms with Crippen LogP contribution in [-0.2, 0) is 4.74 Å². The van der Waals surface area contributed by atoms with Gasteiger partial charge in [0.2, 0.25) is 10.3 Å². The van der Waals surface area contributed by atoms with Crippen molar-refractivity contribution in [1.82, 2.24) is 9.97 Å². The van der Waals surface area contributed by atoms with Crippen LogP contribution in [0.1, 0.15) is 17.2 Å². The van der Waals surface area contributed by atoms with Crippen LogP contribution in [0, 0.1) is 0 Å². The van der Waals surface area contributed by atoms with Crippen LogP contribution < -0.4 is 4.74 Å². The molecule has 0 bridgehead atoms. The Balaban J connectivity index is 2.11. The molecule has 132 valence electrons. The summed E-state index contributed by atoms with van der Waals surface area (Å²) in [5.41, 5.74) is 3.74. The summed E-state index contributed by atoms with van der Waals surface area (Å²) in [5.74, 6) is 0.502. The van der Waals surface area contributed by atoms with Crippen molar-refractivity contribution < 1.29 is 9.47 Å². The van der Waals surface area contributed by atoms with Crippen LogP contribution >= 0.6 is 24.0 Å². The second kappa shape index (κ2) is 8.78. The van der Waals surface area contributed by atoms with Gasteiger partial charge in [0.25, 0.3) is 0 Å². The molecule has 0 aliphatic heterocycles. The van der Waals surface area contributed by atoms with E-state index in [0.717, 1.165) is 22.3 Å². The number of aromatic nitrogens is 2. The van der Waals surface area contributed by atoms with Crippen LogP contribution in [0.4, 0.5) is 0 Å². The fourth-order valence-electron chi connectivity index (χ4n) is 2.60. The van der Waals surface area contributed by atoms with E-state index in [1.54, 1.807) is 25.7 Å². The normalized spacial score (nSPS) is 11.6. The number of thioether (sulfide) groups is 1. The van der Waals surface area contributed by atoms with Crippen molar-refractivity contribution in [3.05, 3.63) is 78.2 Å². The Bertz CT molecular complexity index is 873. The zero-order valence-corrected chi connectivity index (χ0v) is 16.1. The molecule has 0 saturated heterocycles. The predicted octanol–water partition coefficient (Wildman–Crippen LogP) is 4.91. The summed E-state index contributed by atoms with van der Waals surface area (Å²) in [6.45, 7) is 0. The molecule has 4 nitrogen and oxygen atoms in total. The number of benzene rings is 1. The molecule has 0 fully saturated rings. The molecule has 0 radical (unpaired) electrons. The minimum atomic E-state index is -0.449. The summed E-state index contributed by atoms with van der Waals surface area (Å²) in [6, 6.07) is 15.9. The summed E-state index contributed by atoms with van der Waals surface area (Å²) < 4.78 is 12.0. The van der Waals surface area contributed by atoms with Gasteiger partial charge in [-0.1, -0.05) is 48.2 Å². The van der Waals surface area contributed by atoms with Crippen LogP contribution in [-0.4, -0.2) is 27.7 Å². The third kappa shape index (κ3) is 4.20. The standard InChI is InChI=1S/C20H18N2O2S2/c1-23-19-17(11-16(13-22-19)14-7-4-3-5-8-14)18(24-20(25)26-2)15-9-6-10-21-12-15/h3-13,18H,1-2H3. The maximum absolute atomic E-state index is 6.04. The highest BCUT2D eigenvalue weighted by atomic mass is 32.2. The molecule has 0 N–H and O–H groups in total. The molecule has 1 aromatic carbocycles. The Kier molecular flexibility index (Phi) is 6.20. The minimum absolute atomic E-state index is 0.449. The van der Waals surface area contributed by atoms with Crippen LogP contribution in [0.25, 0.3) is 11.1 Å². The van der Waals surface area contributed by atoms with E-state index >= 15 is 0 Å². The number of ether oxygens (including phenoxy) is 2. The summed E-state index contributed by atoms with van der Waals surface area (Å²) in [6.07, 6.45) is 6.73. The second-order valence-corrected chi connectivity index (χ2v) is 6.84. The van der Waals surface area contributed by atoms with Gasteiger partial charge in [0.15, 0.2) is 6.10 Å². The highest BCUT2D eigenvalue weighted by Crippen LogP contribution is 2.35. The first-order chi connectivity index (χ1) is 12.7. The Morgan fingerprint density at radius 1 is 1.08 bits per heavy atom. The topological polar surface area (TPSA) is 44.2 Å². The Morgan fingerprint density at radius 3 is 2.54 bits per heavy atom. The van der Waals surface area contributed by atoms with Crippen LogP contribution in [0.5, 0.6) is 5.88 Å². The highest BCUT2D eigenvalue weighted by Gasteiger charge is 2.23. The summed E-state index contributed by atoms with van der Waals surface area (Å²) in [5, 5.41) is 0. The van der Waals surface area contributed by atoms with Gasteiger partial charge in [-0.25, -0.2) is 4.98 Å². The van der Waals surface area contributed by atoms with Gasteiger partial charge in [-0.3, -0.25) is 4.98 Å². The number of nitrogens with zero attached hydrogens (tertiary/aromatic N) is 2. The van der Waals surface area contributed by atoms with Crippen molar-refractivity contribution in [3.63, 3.8) is 0 Å². The van der Waals surface area contributed by atoms with Crippen molar-refractivity contribution in [2.75, 3.05) is 13.4 Å². The SMILES string of the molecule is COc1ncc(-c2ccccc2)cc1C(OC(=S)SC)c1cccnc1. The molecule has 0 spiro atoms. The molecule has 3 rings (SSSR count). The van der Waals surface area contributed by atoms with Crippen molar-refractivity contribution in [3.8, 4) is 17.0 Å². The van der Waals surface area contributed by atoms with E-state index in [1.807, 2.05) is 54.8 Å². The molecule has 0 aliphatic carbocycles. The number of methoxy groups -OCH3 is 1. The third-order valence-corrected chi connectivity index (χ3v) is 4.86. The lowest BCUT2D eigenvalue weighted by atomic mass is 10.00. The second-order valence-electron chi connectivity index (χ2n) is 5.43. The summed E-state index contributed by atoms with van der Waals surface area (Å²) in [7, 11) is 1.60. The lowest BCUT2D eigenvalue weighted by Crippen LogP contribution is -2.11. The molecule has 6 heteroatoms. The molecule has 1 unspecified atom stereocenters. The average Bonchev–Trinajstić information content (AvgIpc) is 2.72. The number of thiocarbonyl (C=S) groups is 1. The maximum atomic E-state index is 6.04. The van der Waals surface area contributed by atoms with Gasteiger partial charge in [-0.2, -0.15) is 0 Å². The zero-order valence-electron chi connectivity index (χ0n) is 14.5. The number of hydrogen-bond acceptors (Lipinski definition) is 6. The number of rotatable bonds is 5. The lowest BCUT2D eigenvalue weighted by Gasteiger charge is -2.21. The Morgan fingerprint density at radius 2 is 1.88 bits per heavy atom. The van der Waals surface area contributed by atoms with Crippen LogP contribution in [0.3, 0.4) is 0 Å². The van der Waals surface area contributed by atoms with E-state index in [2.05, 4.69) is 9.97 Å². The Hall–Kier alpha value is -2.44. The minimum Gasteiger partial charge on any atom is -0.481 e. The molecule has 0 amide bonds. The summed E-state index contributed by atoms with van der Waals surface area (Å²) in [4.78, 5) is 8.69. The third-order valence-electron chi connectivity index (χ3n) is 3.83. The molecule has 0 saturated carbocycles. The molecular weight excluding hydrogens is 364 g/mol. The van der Waals surface area contributed by atoms with Crippen molar-refractivity contribution >= 4 is 28.4 Å². The summed E-state index contributed by atoms with van der Waals surface area (Å²) >= 11 is 6.68. The first-order valence-corrected chi connectivity index (χ1v) is 9.60. The monoisotopic (exact) mass is 382 g/mol. The van der Waals surface area contributed by atoms with E-state index in [0.29, 0.717) is 10.3 Å². The van der Waals surface area contributed by atoms with Gasteiger partial charge in [-0.15, -0.1) is 0 Å². The highest BCUT2D eigenvalue weighted by molar-refractivity contribution is 8.22. The van der Waals surface area contributed by atoms with Gasteiger partial charge in [-0.05, 0) is 36.2 Å². The molecule has 2 aromatic heterocycles. The first kappa shape index (κ1) is 18.4. The Labute approximate surface area is 162 Å². The van der Waals surface area contributed by atoms with Gasteiger partial charge >= 0.3 is 0 Å². The van der Waals surface area contributed by atoms with E-state index in [-0.39, 0.29) is 0 Å². The smallest absolute Gasteiger partial charge is 0.220 e. The largest absolute Gasteiger partial charge is 0.481 e. The molecule has 3 aromatic rings. The molecular formula is C20H18N2O2S2. The van der Waals surface area contributed by atoms with Crippen LogP contribution in [0.15, 0.2) is 67.1 Å². The van der Waals surface area contributed by atoms with E-state index in [9.17, 15) is 0 Å². The van der Waals surface area contributed by atoms with Gasteiger partial charge in [0.05, 0.1) is 12.7 Å². The number of hydrogen-bond donors (Lipinski definition) is 0. The fourth-order valence-corrected chi connectivity index (χ4v) is 2.89. The predicted molar refractivity (Wildman–Crippen MR) is 110 cm³/mol. The van der Waals surface area contributed by atoms with Crippen molar-refractivity contribution in [2.24, 2.45) is 0 Å². The first-order valence-electron chi connectivity index (χ1n) is 7.96. The van der Waals surface area contributed by atoms with Crippen molar-refractivity contribution in [2.45, 2.75) is 6.10 Å². The van der Waals surface area contributed by atoms with Gasteiger partial charge in [0.1, 0.15) is 0 Å². The van der Waals surface area contributed by atoms with E-state index < -0.39 is 6.10 Å². The molecule has 1 atom stereocenters. The number of pyridine rings is 2. The van der Waals surface area contributed by atoms with E-state index in [1.165, 1.54) is 11.8 Å². The molecule has 2 heterocycles. The molecule has 0 aliphatic rings. The van der Waals surface area contributed by atoms with Gasteiger partial charge in [0, 0.05) is 29.7 Å². The zero-order chi connectivity index (χ0) is 18.4. The van der Waals surface area contributed by atoms with Gasteiger partial charge < -0.3 is 9.47 Å². The van der Waals surface area contributed by atoms with E-state index in [4.69, 9.17) is 21.7 Å². The van der Waals surface area contributed by atoms with Crippen LogP contribution in [0.2, 0.25) is 0 Å². The fraction of sp³-hybridized carbons (Fsp3) is 0.150. The quantitative estimate of drug-likeness (QED) is 0.585. The molecule has 26 heavy (non-hydrogen) atoms. The van der Waals surface area contributed by atoms with Crippen molar-refractivity contribution in [1.29, 1.82) is 0 Å².